The van der Waals surface area contributed by atoms with Gasteiger partial charge in [0.25, 0.3) is 0 Å². The number of carboxylic acid groups (broad SMARTS) is 1. The number of rotatable bonds is 8. The minimum Gasteiger partial charge on any atom is -0.497 e. The molecule has 0 spiro atoms. The third kappa shape index (κ3) is 5.54. The van der Waals surface area contributed by atoms with Crippen molar-refractivity contribution in [1.29, 1.82) is 0 Å². The first-order chi connectivity index (χ1) is 10.0. The topological polar surface area (TPSA) is 98.9 Å². The molecule has 7 heteroatoms. The van der Waals surface area contributed by atoms with Gasteiger partial charge in [0.05, 0.1) is 26.1 Å². The standard InChI is InChI=1S/C15H21NO5.ClH/c1-3-21-15(19)13(9-16)12(8-14(17)18)10-4-6-11(20-2)7-5-10;/h4-7,12-13H,3,8-9,16H2,1-2H3,(H,17,18);1H. The molecular weight excluding hydrogens is 310 g/mol. The Balaban J connectivity index is 0.00000441. The lowest BCUT2D eigenvalue weighted by molar-refractivity contribution is -0.149. The van der Waals surface area contributed by atoms with Gasteiger partial charge in [-0.2, -0.15) is 0 Å². The first-order valence-corrected chi connectivity index (χ1v) is 6.75. The van der Waals surface area contributed by atoms with Crippen molar-refractivity contribution >= 4 is 24.3 Å². The number of hydrogen-bond donors (Lipinski definition) is 2. The van der Waals surface area contributed by atoms with Crippen LogP contribution < -0.4 is 10.5 Å². The number of aliphatic carboxylic acids is 1. The van der Waals surface area contributed by atoms with Crippen molar-refractivity contribution in [2.24, 2.45) is 11.7 Å². The first-order valence-electron chi connectivity index (χ1n) is 6.75. The number of carbonyl (C=O) groups is 2. The van der Waals surface area contributed by atoms with Gasteiger partial charge in [-0.1, -0.05) is 12.1 Å². The largest absolute Gasteiger partial charge is 0.497 e. The average molecular weight is 332 g/mol. The summed E-state index contributed by atoms with van der Waals surface area (Å²) in [5.74, 6) is -2.01. The molecule has 0 bridgehead atoms. The van der Waals surface area contributed by atoms with Crippen LogP contribution in [0.3, 0.4) is 0 Å². The molecule has 0 saturated heterocycles. The molecule has 0 aliphatic rings. The number of ether oxygens (including phenoxy) is 2. The zero-order valence-corrected chi connectivity index (χ0v) is 13.5. The summed E-state index contributed by atoms with van der Waals surface area (Å²) in [5.41, 5.74) is 6.38. The molecule has 22 heavy (non-hydrogen) atoms. The van der Waals surface area contributed by atoms with Crippen LogP contribution in [0.15, 0.2) is 24.3 Å². The smallest absolute Gasteiger partial charge is 0.310 e. The fourth-order valence-electron chi connectivity index (χ4n) is 2.21. The van der Waals surface area contributed by atoms with Crippen molar-refractivity contribution in [2.75, 3.05) is 20.3 Å². The highest BCUT2D eigenvalue weighted by molar-refractivity contribution is 5.85. The Labute approximate surface area is 136 Å². The number of hydrogen-bond acceptors (Lipinski definition) is 5. The Kier molecular flexibility index (Phi) is 9.21. The summed E-state index contributed by atoms with van der Waals surface area (Å²) in [4.78, 5) is 23.1. The van der Waals surface area contributed by atoms with Gasteiger partial charge in [0, 0.05) is 12.5 Å². The van der Waals surface area contributed by atoms with Crippen LogP contribution in [0.1, 0.15) is 24.8 Å². The van der Waals surface area contributed by atoms with E-state index < -0.39 is 23.8 Å². The van der Waals surface area contributed by atoms with E-state index in [2.05, 4.69) is 0 Å². The Morgan fingerprint density at radius 3 is 2.27 bits per heavy atom. The lowest BCUT2D eigenvalue weighted by Crippen LogP contribution is -2.32. The molecule has 2 unspecified atom stereocenters. The lowest BCUT2D eigenvalue weighted by atomic mass is 9.83. The molecule has 2 atom stereocenters. The monoisotopic (exact) mass is 331 g/mol. The summed E-state index contributed by atoms with van der Waals surface area (Å²) < 4.78 is 10.1. The number of esters is 1. The van der Waals surface area contributed by atoms with E-state index in [0.29, 0.717) is 5.75 Å². The summed E-state index contributed by atoms with van der Waals surface area (Å²) in [5, 5.41) is 9.08. The average Bonchev–Trinajstić information content (AvgIpc) is 2.47. The van der Waals surface area contributed by atoms with Gasteiger partial charge in [-0.05, 0) is 24.6 Å². The molecule has 1 aromatic carbocycles. The molecule has 0 fully saturated rings. The quantitative estimate of drug-likeness (QED) is 0.705. The number of carboxylic acids is 1. The van der Waals surface area contributed by atoms with E-state index in [0.717, 1.165) is 5.56 Å². The number of carbonyl (C=O) groups excluding carboxylic acids is 1. The van der Waals surface area contributed by atoms with Gasteiger partial charge >= 0.3 is 11.9 Å². The lowest BCUT2D eigenvalue weighted by Gasteiger charge is -2.23. The van der Waals surface area contributed by atoms with Crippen LogP contribution in [-0.2, 0) is 14.3 Å². The first kappa shape index (κ1) is 20.2. The van der Waals surface area contributed by atoms with Crippen LogP contribution in [0.2, 0.25) is 0 Å². The van der Waals surface area contributed by atoms with Crippen LogP contribution in [0, 0.1) is 5.92 Å². The van der Waals surface area contributed by atoms with Gasteiger partial charge in [0.1, 0.15) is 5.75 Å². The van der Waals surface area contributed by atoms with E-state index in [1.807, 2.05) is 0 Å². The highest BCUT2D eigenvalue weighted by Gasteiger charge is 2.31. The van der Waals surface area contributed by atoms with Crippen molar-refractivity contribution in [1.82, 2.24) is 0 Å². The zero-order valence-electron chi connectivity index (χ0n) is 12.7. The highest BCUT2D eigenvalue weighted by Crippen LogP contribution is 2.30. The zero-order chi connectivity index (χ0) is 15.8. The van der Waals surface area contributed by atoms with Crippen molar-refractivity contribution in [3.05, 3.63) is 29.8 Å². The van der Waals surface area contributed by atoms with Crippen molar-refractivity contribution in [3.8, 4) is 5.75 Å². The van der Waals surface area contributed by atoms with E-state index >= 15 is 0 Å². The van der Waals surface area contributed by atoms with E-state index in [9.17, 15) is 9.59 Å². The van der Waals surface area contributed by atoms with Crippen LogP contribution in [-0.4, -0.2) is 37.3 Å². The van der Waals surface area contributed by atoms with Crippen molar-refractivity contribution in [3.63, 3.8) is 0 Å². The molecule has 0 heterocycles. The molecule has 1 rings (SSSR count). The maximum atomic E-state index is 12.0. The van der Waals surface area contributed by atoms with E-state index in [4.69, 9.17) is 20.3 Å². The SMILES string of the molecule is CCOC(=O)C(CN)C(CC(=O)O)c1ccc(OC)cc1.Cl. The predicted octanol–water partition coefficient (Wildman–Crippen LogP) is 1.81. The normalized spacial score (nSPS) is 12.7. The Hall–Kier alpha value is -1.79. The maximum Gasteiger partial charge on any atom is 0.310 e. The molecule has 0 radical (unpaired) electrons. The van der Waals surface area contributed by atoms with Crippen LogP contribution in [0.4, 0.5) is 0 Å². The number of nitrogens with two attached hydrogens (primary N) is 1. The van der Waals surface area contributed by atoms with E-state index in [1.54, 1.807) is 38.3 Å². The Morgan fingerprint density at radius 1 is 1.27 bits per heavy atom. The maximum absolute atomic E-state index is 12.0. The molecule has 0 aliphatic heterocycles. The summed E-state index contributed by atoms with van der Waals surface area (Å²) >= 11 is 0. The van der Waals surface area contributed by atoms with Crippen LogP contribution >= 0.6 is 12.4 Å². The van der Waals surface area contributed by atoms with Gasteiger partial charge in [0.2, 0.25) is 0 Å². The molecule has 0 amide bonds. The summed E-state index contributed by atoms with van der Waals surface area (Å²) in [7, 11) is 1.55. The highest BCUT2D eigenvalue weighted by atomic mass is 35.5. The summed E-state index contributed by atoms with van der Waals surface area (Å²) in [6.45, 7) is 1.96. The Morgan fingerprint density at radius 2 is 1.86 bits per heavy atom. The number of benzene rings is 1. The van der Waals surface area contributed by atoms with Crippen molar-refractivity contribution in [2.45, 2.75) is 19.3 Å². The second-order valence-electron chi connectivity index (χ2n) is 4.57. The second-order valence-corrected chi connectivity index (χ2v) is 4.57. The molecule has 124 valence electrons. The molecule has 0 saturated carbocycles. The van der Waals surface area contributed by atoms with E-state index in [-0.39, 0.29) is 32.0 Å². The molecular formula is C15H22ClNO5. The summed E-state index contributed by atoms with van der Waals surface area (Å²) in [6.07, 6.45) is -0.187. The van der Waals surface area contributed by atoms with Gasteiger partial charge < -0.3 is 20.3 Å². The third-order valence-electron chi connectivity index (χ3n) is 3.27. The predicted molar refractivity (Wildman–Crippen MR) is 84.4 cm³/mol. The van der Waals surface area contributed by atoms with Gasteiger partial charge in [-0.3, -0.25) is 9.59 Å². The molecule has 6 nitrogen and oxygen atoms in total. The third-order valence-corrected chi connectivity index (χ3v) is 3.27. The molecule has 0 aromatic heterocycles. The Bertz CT molecular complexity index is 477. The van der Waals surface area contributed by atoms with Crippen molar-refractivity contribution < 1.29 is 24.2 Å². The van der Waals surface area contributed by atoms with Gasteiger partial charge in [0.15, 0.2) is 0 Å². The summed E-state index contributed by atoms with van der Waals surface area (Å²) in [6, 6.07) is 6.94. The molecule has 3 N–H and O–H groups in total. The number of methoxy groups -OCH3 is 1. The minimum atomic E-state index is -0.987. The van der Waals surface area contributed by atoms with Crippen LogP contribution in [0.25, 0.3) is 0 Å². The van der Waals surface area contributed by atoms with Gasteiger partial charge in [-0.25, -0.2) is 0 Å². The second kappa shape index (κ2) is 10.0. The van der Waals surface area contributed by atoms with Crippen LogP contribution in [0.5, 0.6) is 5.75 Å². The molecule has 0 aliphatic carbocycles. The van der Waals surface area contributed by atoms with E-state index in [1.165, 1.54) is 0 Å². The fourth-order valence-corrected chi connectivity index (χ4v) is 2.21. The minimum absolute atomic E-state index is 0. The van der Waals surface area contributed by atoms with Gasteiger partial charge in [-0.15, -0.1) is 12.4 Å². The fraction of sp³-hybridized carbons (Fsp3) is 0.467. The molecule has 1 aromatic rings. The number of halogens is 1.